The zero-order chi connectivity index (χ0) is 22.2. The second-order valence-corrected chi connectivity index (χ2v) is 8.67. The number of pyridine rings is 1. The minimum Gasteiger partial charge on any atom is -0.380 e. The van der Waals surface area contributed by atoms with Crippen LogP contribution in [-0.4, -0.2) is 20.7 Å². The van der Waals surface area contributed by atoms with Crippen LogP contribution in [0, 0.1) is 6.92 Å². The molecule has 0 bridgehead atoms. The average Bonchev–Trinajstić information content (AvgIpc) is 3.59. The Kier molecular flexibility index (Phi) is 5.31. The molecule has 162 valence electrons. The summed E-state index contributed by atoms with van der Waals surface area (Å²) in [5.41, 5.74) is 5.73. The largest absolute Gasteiger partial charge is 0.380 e. The van der Waals surface area contributed by atoms with E-state index in [4.69, 9.17) is 16.6 Å². The first kappa shape index (κ1) is 20.5. The molecule has 2 aromatic carbocycles. The van der Waals surface area contributed by atoms with Crippen molar-refractivity contribution in [1.82, 2.24) is 14.8 Å². The van der Waals surface area contributed by atoms with Gasteiger partial charge >= 0.3 is 0 Å². The number of hydrogen-bond acceptors (Lipinski definition) is 4. The third-order valence-electron chi connectivity index (χ3n) is 5.78. The fourth-order valence-electron chi connectivity index (χ4n) is 3.96. The van der Waals surface area contributed by atoms with Gasteiger partial charge in [-0.25, -0.2) is 4.98 Å². The van der Waals surface area contributed by atoms with E-state index in [0.717, 1.165) is 41.0 Å². The van der Waals surface area contributed by atoms with Crippen LogP contribution in [0.15, 0.2) is 54.6 Å². The second kappa shape index (κ2) is 8.28. The van der Waals surface area contributed by atoms with Crippen LogP contribution in [0.25, 0.3) is 11.0 Å². The number of amides is 1. The van der Waals surface area contributed by atoms with Crippen molar-refractivity contribution in [3.05, 3.63) is 82.1 Å². The number of carbonyl (C=O) groups is 1. The Morgan fingerprint density at radius 1 is 1.16 bits per heavy atom. The molecule has 1 aliphatic rings. The van der Waals surface area contributed by atoms with Crippen LogP contribution in [0.4, 0.5) is 11.4 Å². The highest BCUT2D eigenvalue weighted by atomic mass is 35.5. The zero-order valence-electron chi connectivity index (χ0n) is 18.0. The predicted octanol–water partition coefficient (Wildman–Crippen LogP) is 5.67. The maximum absolute atomic E-state index is 13.3. The van der Waals surface area contributed by atoms with Crippen LogP contribution >= 0.6 is 11.6 Å². The molecule has 1 aliphatic carbocycles. The highest BCUT2D eigenvalue weighted by Crippen LogP contribution is 2.40. The summed E-state index contributed by atoms with van der Waals surface area (Å²) in [6.07, 6.45) is 2.23. The first-order valence-electron chi connectivity index (χ1n) is 10.7. The quantitative estimate of drug-likeness (QED) is 0.401. The molecular weight excluding hydrogens is 422 g/mol. The lowest BCUT2D eigenvalue weighted by molar-refractivity contribution is 0.102. The van der Waals surface area contributed by atoms with Crippen LogP contribution in [-0.2, 0) is 13.6 Å². The molecule has 1 amide bonds. The number of rotatable bonds is 6. The van der Waals surface area contributed by atoms with Crippen LogP contribution in [0.1, 0.15) is 46.1 Å². The number of halogens is 1. The van der Waals surface area contributed by atoms with Crippen molar-refractivity contribution in [1.29, 1.82) is 0 Å². The Hall–Kier alpha value is -3.38. The number of anilines is 2. The number of aromatic nitrogens is 3. The van der Waals surface area contributed by atoms with Gasteiger partial charge in [-0.3, -0.25) is 9.48 Å². The Morgan fingerprint density at radius 2 is 1.94 bits per heavy atom. The summed E-state index contributed by atoms with van der Waals surface area (Å²) in [4.78, 5) is 18.0. The van der Waals surface area contributed by atoms with Gasteiger partial charge in [0, 0.05) is 30.9 Å². The minimum atomic E-state index is -0.184. The van der Waals surface area contributed by atoms with Crippen molar-refractivity contribution in [3.63, 3.8) is 0 Å². The smallest absolute Gasteiger partial charge is 0.256 e. The predicted molar refractivity (Wildman–Crippen MR) is 128 cm³/mol. The average molecular weight is 446 g/mol. The van der Waals surface area contributed by atoms with Gasteiger partial charge in [-0.2, -0.15) is 5.10 Å². The molecule has 4 aromatic rings. The van der Waals surface area contributed by atoms with Gasteiger partial charge < -0.3 is 10.6 Å². The number of carbonyl (C=O) groups excluding carboxylic acids is 1. The molecule has 0 radical (unpaired) electrons. The van der Waals surface area contributed by atoms with Gasteiger partial charge in [0.1, 0.15) is 0 Å². The molecule has 0 unspecified atom stereocenters. The van der Waals surface area contributed by atoms with Crippen LogP contribution < -0.4 is 10.6 Å². The summed E-state index contributed by atoms with van der Waals surface area (Å²) >= 11 is 6.49. The Balaban J connectivity index is 1.38. The van der Waals surface area contributed by atoms with E-state index in [1.54, 1.807) is 10.7 Å². The highest BCUT2D eigenvalue weighted by Gasteiger charge is 2.28. The third-order valence-corrected chi connectivity index (χ3v) is 6.09. The molecule has 0 saturated heterocycles. The van der Waals surface area contributed by atoms with Crippen LogP contribution in [0.2, 0.25) is 5.02 Å². The van der Waals surface area contributed by atoms with Gasteiger partial charge in [-0.05, 0) is 49.6 Å². The summed E-state index contributed by atoms with van der Waals surface area (Å²) in [5.74, 6) is 0.252. The fourth-order valence-corrected chi connectivity index (χ4v) is 4.21. The van der Waals surface area contributed by atoms with Gasteiger partial charge in [-0.1, -0.05) is 41.9 Å². The number of fused-ring (bicyclic) bond motifs is 1. The minimum absolute atomic E-state index is 0.184. The topological polar surface area (TPSA) is 71.8 Å². The summed E-state index contributed by atoms with van der Waals surface area (Å²) in [5, 5.41) is 12.2. The van der Waals surface area contributed by atoms with E-state index in [1.807, 2.05) is 50.4 Å². The summed E-state index contributed by atoms with van der Waals surface area (Å²) in [6.45, 7) is 2.58. The van der Waals surface area contributed by atoms with Crippen molar-refractivity contribution in [2.75, 3.05) is 10.6 Å². The van der Waals surface area contributed by atoms with Crippen molar-refractivity contribution in [2.45, 2.75) is 32.2 Å². The van der Waals surface area contributed by atoms with E-state index in [0.29, 0.717) is 28.7 Å². The van der Waals surface area contributed by atoms with Gasteiger partial charge in [-0.15, -0.1) is 0 Å². The van der Waals surface area contributed by atoms with Crippen LogP contribution in [0.5, 0.6) is 0 Å². The maximum atomic E-state index is 13.3. The number of aryl methyl sites for hydroxylation is 2. The molecular formula is C25H24ClN5O. The normalized spacial score (nSPS) is 13.3. The SMILES string of the molecule is Cc1nn(C)c2nc(C3CC3)cc(C(=O)Nc3ccc(NCc4ccccc4)c(Cl)c3)c12. The van der Waals surface area contributed by atoms with E-state index in [-0.39, 0.29) is 5.91 Å². The standard InChI is InChI=1S/C25H24ClN5O/c1-15-23-19(13-22(17-8-9-17)29-24(23)31(2)30-15)25(32)28-18-10-11-21(20(26)12-18)27-14-16-6-4-3-5-7-16/h3-7,10-13,17,27H,8-9,14H2,1-2H3,(H,28,32). The van der Waals surface area contributed by atoms with Gasteiger partial charge in [0.25, 0.3) is 5.91 Å². The molecule has 2 aromatic heterocycles. The second-order valence-electron chi connectivity index (χ2n) is 8.26. The van der Waals surface area contributed by atoms with Crippen molar-refractivity contribution in [2.24, 2.45) is 7.05 Å². The number of nitrogens with zero attached hydrogens (tertiary/aromatic N) is 3. The highest BCUT2D eigenvalue weighted by molar-refractivity contribution is 6.33. The molecule has 0 atom stereocenters. The molecule has 2 heterocycles. The van der Waals surface area contributed by atoms with E-state index >= 15 is 0 Å². The Bertz CT molecular complexity index is 1310. The molecule has 7 heteroatoms. The van der Waals surface area contributed by atoms with Crippen molar-refractivity contribution >= 4 is 39.9 Å². The summed E-state index contributed by atoms with van der Waals surface area (Å²) in [7, 11) is 1.86. The zero-order valence-corrected chi connectivity index (χ0v) is 18.8. The Morgan fingerprint density at radius 3 is 2.66 bits per heavy atom. The monoisotopic (exact) mass is 445 g/mol. The van der Waals surface area contributed by atoms with Gasteiger partial charge in [0.05, 0.1) is 27.4 Å². The van der Waals surface area contributed by atoms with E-state index in [2.05, 4.69) is 27.9 Å². The maximum Gasteiger partial charge on any atom is 0.256 e. The molecule has 1 fully saturated rings. The van der Waals surface area contributed by atoms with Crippen molar-refractivity contribution < 1.29 is 4.79 Å². The molecule has 1 saturated carbocycles. The van der Waals surface area contributed by atoms with Crippen LogP contribution in [0.3, 0.4) is 0 Å². The first-order valence-corrected chi connectivity index (χ1v) is 11.1. The molecule has 0 aliphatic heterocycles. The lowest BCUT2D eigenvalue weighted by atomic mass is 10.1. The lowest BCUT2D eigenvalue weighted by Gasteiger charge is -2.12. The number of hydrogen-bond donors (Lipinski definition) is 2. The molecule has 5 rings (SSSR count). The number of nitrogens with one attached hydrogen (secondary N) is 2. The summed E-state index contributed by atoms with van der Waals surface area (Å²) in [6, 6.07) is 17.5. The molecule has 2 N–H and O–H groups in total. The molecule has 0 spiro atoms. The first-order chi connectivity index (χ1) is 15.5. The van der Waals surface area contributed by atoms with E-state index < -0.39 is 0 Å². The molecule has 6 nitrogen and oxygen atoms in total. The van der Waals surface area contributed by atoms with Gasteiger partial charge in [0.15, 0.2) is 5.65 Å². The Labute approximate surface area is 191 Å². The number of benzene rings is 2. The van der Waals surface area contributed by atoms with Gasteiger partial charge in [0.2, 0.25) is 0 Å². The van der Waals surface area contributed by atoms with Crippen molar-refractivity contribution in [3.8, 4) is 0 Å². The summed E-state index contributed by atoms with van der Waals surface area (Å²) < 4.78 is 1.75. The molecule has 32 heavy (non-hydrogen) atoms. The van der Waals surface area contributed by atoms with E-state index in [1.165, 1.54) is 5.56 Å². The van der Waals surface area contributed by atoms with E-state index in [9.17, 15) is 4.79 Å². The third kappa shape index (κ3) is 4.06. The lowest BCUT2D eigenvalue weighted by Crippen LogP contribution is -2.14. The fraction of sp³-hybridized carbons (Fsp3) is 0.240.